The third-order valence-corrected chi connectivity index (χ3v) is 11.8. The van der Waals surface area contributed by atoms with Crippen molar-refractivity contribution in [3.63, 3.8) is 0 Å². The van der Waals surface area contributed by atoms with Gasteiger partial charge < -0.3 is 10.2 Å². The fourth-order valence-electron chi connectivity index (χ4n) is 9.00. The van der Waals surface area contributed by atoms with E-state index < -0.39 is 0 Å². The molecule has 7 atom stereocenters. The monoisotopic (exact) mass is 488 g/mol. The van der Waals surface area contributed by atoms with E-state index in [1.54, 1.807) is 11.1 Å². The topological polar surface area (TPSA) is 32.3 Å². The van der Waals surface area contributed by atoms with Gasteiger partial charge in [0.1, 0.15) is 0 Å². The lowest BCUT2D eigenvalue weighted by molar-refractivity contribution is -0.0115. The van der Waals surface area contributed by atoms with E-state index in [-0.39, 0.29) is 17.4 Å². The molecule has 5 rings (SSSR count). The molecular weight excluding hydrogens is 440 g/mol. The lowest BCUT2D eigenvalue weighted by Crippen LogP contribution is -2.51. The molecule has 0 aliphatic heterocycles. The maximum atomic E-state index is 13.0. The van der Waals surface area contributed by atoms with Crippen LogP contribution in [0, 0.1) is 34.0 Å². The van der Waals surface area contributed by atoms with Crippen molar-refractivity contribution in [2.75, 3.05) is 14.1 Å². The SMILES string of the molecule is CC(C1CCC2(C)C3CCC4C(=CC3=CCC12C)CCC(NC(=O)c1ccccc1)C4(C)C)N(C)C. The van der Waals surface area contributed by atoms with Crippen LogP contribution in [0.25, 0.3) is 0 Å². The molecule has 2 fully saturated rings. The third-order valence-electron chi connectivity index (χ3n) is 11.8. The molecule has 1 aromatic carbocycles. The quantitative estimate of drug-likeness (QED) is 0.484. The average Bonchev–Trinajstić information content (AvgIpc) is 2.99. The molecular formula is C33H48N2O. The minimum Gasteiger partial charge on any atom is -0.349 e. The maximum Gasteiger partial charge on any atom is 0.251 e. The zero-order valence-corrected chi connectivity index (χ0v) is 23.7. The number of amides is 1. The van der Waals surface area contributed by atoms with Crippen LogP contribution in [0.1, 0.15) is 89.9 Å². The van der Waals surface area contributed by atoms with Crippen molar-refractivity contribution in [1.82, 2.24) is 10.2 Å². The summed E-state index contributed by atoms with van der Waals surface area (Å²) in [6.45, 7) is 12.5. The summed E-state index contributed by atoms with van der Waals surface area (Å²) in [5.41, 5.74) is 4.81. The van der Waals surface area contributed by atoms with Crippen LogP contribution in [-0.2, 0) is 0 Å². The Morgan fingerprint density at radius 3 is 2.36 bits per heavy atom. The van der Waals surface area contributed by atoms with E-state index in [4.69, 9.17) is 0 Å². The summed E-state index contributed by atoms with van der Waals surface area (Å²) in [5.74, 6) is 2.01. The summed E-state index contributed by atoms with van der Waals surface area (Å²) in [5, 5.41) is 3.44. The molecule has 4 aliphatic carbocycles. The molecule has 2 saturated carbocycles. The van der Waals surface area contributed by atoms with E-state index in [0.717, 1.165) is 24.3 Å². The fourth-order valence-corrected chi connectivity index (χ4v) is 9.00. The minimum atomic E-state index is 0.0461. The van der Waals surface area contributed by atoms with E-state index in [1.807, 2.05) is 30.3 Å². The van der Waals surface area contributed by atoms with Crippen molar-refractivity contribution < 1.29 is 4.79 Å². The van der Waals surface area contributed by atoms with E-state index in [9.17, 15) is 4.79 Å². The maximum absolute atomic E-state index is 13.0. The molecule has 0 bridgehead atoms. The van der Waals surface area contributed by atoms with Gasteiger partial charge in [0.2, 0.25) is 0 Å². The van der Waals surface area contributed by atoms with Crippen LogP contribution in [0.15, 0.2) is 53.6 Å². The molecule has 36 heavy (non-hydrogen) atoms. The summed E-state index contributed by atoms with van der Waals surface area (Å²) in [7, 11) is 4.51. The van der Waals surface area contributed by atoms with E-state index in [0.29, 0.717) is 28.7 Å². The van der Waals surface area contributed by atoms with E-state index in [2.05, 4.69) is 71.1 Å². The molecule has 0 saturated heterocycles. The highest BCUT2D eigenvalue weighted by molar-refractivity contribution is 5.94. The van der Waals surface area contributed by atoms with Crippen LogP contribution in [0.3, 0.4) is 0 Å². The van der Waals surface area contributed by atoms with Crippen LogP contribution in [0.4, 0.5) is 0 Å². The van der Waals surface area contributed by atoms with Gasteiger partial charge in [0.05, 0.1) is 0 Å². The number of allylic oxidation sites excluding steroid dienone is 4. The molecule has 0 radical (unpaired) electrons. The van der Waals surface area contributed by atoms with Crippen LogP contribution >= 0.6 is 0 Å². The van der Waals surface area contributed by atoms with Gasteiger partial charge in [-0.3, -0.25) is 4.79 Å². The zero-order valence-electron chi connectivity index (χ0n) is 23.7. The lowest BCUT2D eigenvalue weighted by atomic mass is 9.51. The highest BCUT2D eigenvalue weighted by atomic mass is 16.1. The number of nitrogens with one attached hydrogen (secondary N) is 1. The Hall–Kier alpha value is -1.87. The standard InChI is InChI=1S/C33H48N2O/c1-22(35(6)7)26-18-20-33(5)28-15-14-27-24(21-25(28)17-19-32(26,33)4)13-16-29(31(27,2)3)34-30(36)23-11-9-8-10-12-23/h8-12,17,21-22,26-29H,13-16,18-20H2,1-7H3,(H,34,36). The first-order valence-corrected chi connectivity index (χ1v) is 14.4. The molecule has 7 unspecified atom stereocenters. The number of nitrogens with zero attached hydrogens (tertiary/aromatic N) is 1. The number of rotatable bonds is 4. The molecule has 0 heterocycles. The highest BCUT2D eigenvalue weighted by Crippen LogP contribution is 2.68. The molecule has 3 heteroatoms. The first-order chi connectivity index (χ1) is 17.0. The Balaban J connectivity index is 1.39. The number of benzene rings is 1. The van der Waals surface area contributed by atoms with Gasteiger partial charge in [0.15, 0.2) is 0 Å². The molecule has 196 valence electrons. The third kappa shape index (κ3) is 3.92. The normalized spacial score (nSPS) is 38.1. The summed E-state index contributed by atoms with van der Waals surface area (Å²) in [6.07, 6.45) is 13.8. The van der Waals surface area contributed by atoms with E-state index >= 15 is 0 Å². The lowest BCUT2D eigenvalue weighted by Gasteiger charge is -2.54. The number of hydrogen-bond acceptors (Lipinski definition) is 2. The van der Waals surface area contributed by atoms with Crippen molar-refractivity contribution in [2.24, 2.45) is 34.0 Å². The summed E-state index contributed by atoms with van der Waals surface area (Å²) in [6, 6.07) is 10.5. The highest BCUT2D eigenvalue weighted by Gasteiger charge is 2.61. The Kier molecular flexibility index (Phi) is 6.55. The van der Waals surface area contributed by atoms with Gasteiger partial charge in [-0.1, -0.05) is 63.6 Å². The second kappa shape index (κ2) is 9.15. The Morgan fingerprint density at radius 2 is 1.67 bits per heavy atom. The number of carbonyl (C=O) groups excluding carboxylic acids is 1. The first-order valence-electron chi connectivity index (χ1n) is 14.4. The second-order valence-electron chi connectivity index (χ2n) is 13.7. The molecule has 4 aliphatic rings. The van der Waals surface area contributed by atoms with Crippen LogP contribution in [0.5, 0.6) is 0 Å². The van der Waals surface area contributed by atoms with Gasteiger partial charge >= 0.3 is 0 Å². The average molecular weight is 489 g/mol. The second-order valence-corrected chi connectivity index (χ2v) is 13.7. The molecule has 0 spiro atoms. The van der Waals surface area contributed by atoms with Crippen molar-refractivity contribution >= 4 is 5.91 Å². The van der Waals surface area contributed by atoms with Gasteiger partial charge in [-0.15, -0.1) is 0 Å². The van der Waals surface area contributed by atoms with Gasteiger partial charge in [-0.25, -0.2) is 0 Å². The predicted octanol–water partition coefficient (Wildman–Crippen LogP) is 7.26. The zero-order chi connectivity index (χ0) is 25.9. The molecule has 0 aromatic heterocycles. The molecule has 1 N–H and O–H groups in total. The molecule has 1 amide bonds. The van der Waals surface area contributed by atoms with Crippen molar-refractivity contribution in [3.05, 3.63) is 59.2 Å². The van der Waals surface area contributed by atoms with Crippen LogP contribution in [-0.4, -0.2) is 37.0 Å². The van der Waals surface area contributed by atoms with Gasteiger partial charge in [0, 0.05) is 17.6 Å². The predicted molar refractivity (Wildman–Crippen MR) is 150 cm³/mol. The Labute approximate surface area is 219 Å². The minimum absolute atomic E-state index is 0.0461. The van der Waals surface area contributed by atoms with Crippen molar-refractivity contribution in [1.29, 1.82) is 0 Å². The Morgan fingerprint density at radius 1 is 0.972 bits per heavy atom. The van der Waals surface area contributed by atoms with Crippen LogP contribution in [0.2, 0.25) is 0 Å². The smallest absolute Gasteiger partial charge is 0.251 e. The number of fused-ring (bicyclic) bond motifs is 4. The van der Waals surface area contributed by atoms with Gasteiger partial charge in [-0.05, 0) is 118 Å². The number of hydrogen-bond donors (Lipinski definition) is 1. The van der Waals surface area contributed by atoms with E-state index in [1.165, 1.54) is 32.1 Å². The summed E-state index contributed by atoms with van der Waals surface area (Å²) in [4.78, 5) is 15.5. The van der Waals surface area contributed by atoms with Gasteiger partial charge in [0.25, 0.3) is 5.91 Å². The largest absolute Gasteiger partial charge is 0.349 e. The first kappa shape index (κ1) is 25.8. The molecule has 3 nitrogen and oxygen atoms in total. The summed E-state index contributed by atoms with van der Waals surface area (Å²) >= 11 is 0. The number of carbonyl (C=O) groups is 1. The molecule has 1 aromatic rings. The van der Waals surface area contributed by atoms with Crippen LogP contribution < -0.4 is 5.32 Å². The fraction of sp³-hybridized carbons (Fsp3) is 0.667. The van der Waals surface area contributed by atoms with Crippen molar-refractivity contribution in [3.8, 4) is 0 Å². The van der Waals surface area contributed by atoms with Crippen molar-refractivity contribution in [2.45, 2.75) is 91.6 Å². The Bertz CT molecular complexity index is 1050. The van der Waals surface area contributed by atoms with Gasteiger partial charge in [-0.2, -0.15) is 0 Å². The summed E-state index contributed by atoms with van der Waals surface area (Å²) < 4.78 is 0.